The summed E-state index contributed by atoms with van der Waals surface area (Å²) in [6.45, 7) is 12.2. The minimum Gasteiger partial charge on any atom is -0.374 e. The van der Waals surface area contributed by atoms with Crippen LogP contribution < -0.4 is 10.6 Å². The number of halogens is 1. The highest BCUT2D eigenvalue weighted by atomic mass is 19.1. The molecule has 0 aromatic heterocycles. The average molecular weight is 266 g/mol. The first-order valence-electron chi connectivity index (χ1n) is 6.72. The number of amides is 1. The van der Waals surface area contributed by atoms with E-state index in [-0.39, 0.29) is 12.5 Å². The van der Waals surface area contributed by atoms with Crippen LogP contribution in [0, 0.1) is 0 Å². The number of alkyl halides is 1. The van der Waals surface area contributed by atoms with Crippen molar-refractivity contribution in [1.29, 1.82) is 0 Å². The Hall–Kier alpha value is -0.680. The van der Waals surface area contributed by atoms with E-state index in [1.54, 1.807) is 14.0 Å². The van der Waals surface area contributed by atoms with Gasteiger partial charge in [-0.15, -0.1) is 0 Å². The van der Waals surface area contributed by atoms with Crippen LogP contribution in [-0.2, 0) is 9.53 Å². The molecule has 0 saturated carbocycles. The van der Waals surface area contributed by atoms with Gasteiger partial charge in [0.15, 0.2) is 0 Å². The molecule has 0 fully saturated rings. The Balaban J connectivity index is -0.000000506. The van der Waals surface area contributed by atoms with Crippen LogP contribution in [0.5, 0.6) is 0 Å². The summed E-state index contributed by atoms with van der Waals surface area (Å²) in [5.41, 5.74) is 0. The van der Waals surface area contributed by atoms with Crippen molar-refractivity contribution < 1.29 is 13.9 Å². The van der Waals surface area contributed by atoms with Gasteiger partial charge in [-0.3, -0.25) is 4.79 Å². The number of hydrogen-bond donors (Lipinski definition) is 2. The average Bonchev–Trinajstić information content (AvgIpc) is 2.40. The zero-order valence-electron chi connectivity index (χ0n) is 13.0. The third-order valence-electron chi connectivity index (χ3n) is 1.79. The summed E-state index contributed by atoms with van der Waals surface area (Å²) in [5.74, 6) is -0.227. The molecule has 0 rings (SSSR count). The molecule has 2 atom stereocenters. The molecule has 0 aromatic rings. The molecule has 2 unspecified atom stereocenters. The van der Waals surface area contributed by atoms with E-state index in [1.165, 1.54) is 6.92 Å². The fourth-order valence-corrected chi connectivity index (χ4v) is 0.858. The largest absolute Gasteiger partial charge is 0.374 e. The Labute approximate surface area is 112 Å². The lowest BCUT2D eigenvalue weighted by atomic mass is 10.2. The SMILES string of the molecule is CC.CC.CNCCOC(C)C(F)CNC(C)=O. The van der Waals surface area contributed by atoms with Gasteiger partial charge >= 0.3 is 0 Å². The van der Waals surface area contributed by atoms with Gasteiger partial charge in [-0.2, -0.15) is 0 Å². The topological polar surface area (TPSA) is 50.4 Å². The Morgan fingerprint density at radius 1 is 1.28 bits per heavy atom. The molecule has 18 heavy (non-hydrogen) atoms. The number of hydrogen-bond acceptors (Lipinski definition) is 3. The van der Waals surface area contributed by atoms with Gasteiger partial charge in [-0.25, -0.2) is 4.39 Å². The maximum atomic E-state index is 13.2. The van der Waals surface area contributed by atoms with Crippen LogP contribution in [0.4, 0.5) is 4.39 Å². The highest BCUT2D eigenvalue weighted by Gasteiger charge is 2.16. The molecule has 1 amide bonds. The predicted octanol–water partition coefficient (Wildman–Crippen LogP) is 2.14. The van der Waals surface area contributed by atoms with E-state index in [4.69, 9.17) is 4.74 Å². The zero-order valence-corrected chi connectivity index (χ0v) is 13.0. The van der Waals surface area contributed by atoms with E-state index >= 15 is 0 Å². The number of nitrogens with one attached hydrogen (secondary N) is 2. The number of ether oxygens (including phenoxy) is 1. The molecule has 0 bridgehead atoms. The van der Waals surface area contributed by atoms with Crippen molar-refractivity contribution in [2.45, 2.75) is 53.8 Å². The quantitative estimate of drug-likeness (QED) is 0.694. The van der Waals surface area contributed by atoms with Crippen molar-refractivity contribution in [2.24, 2.45) is 0 Å². The molecule has 0 aliphatic heterocycles. The number of carbonyl (C=O) groups excluding carboxylic acids is 1. The maximum absolute atomic E-state index is 13.2. The molecule has 0 aliphatic carbocycles. The molecule has 0 spiro atoms. The lowest BCUT2D eigenvalue weighted by Gasteiger charge is -2.17. The summed E-state index contributed by atoms with van der Waals surface area (Å²) in [6.07, 6.45) is -1.65. The van der Waals surface area contributed by atoms with Gasteiger partial charge < -0.3 is 15.4 Å². The van der Waals surface area contributed by atoms with Crippen LogP contribution >= 0.6 is 0 Å². The standard InChI is InChI=1S/C9H19FN2O2.2C2H6/c1-7(14-5-4-11-3)9(10)6-12-8(2)13;2*1-2/h7,9,11H,4-6H2,1-3H3,(H,12,13);2*1-2H3. The summed E-state index contributed by atoms with van der Waals surface area (Å²) in [5, 5.41) is 5.30. The Bertz CT molecular complexity index is 169. The predicted molar refractivity (Wildman–Crippen MR) is 75.6 cm³/mol. The van der Waals surface area contributed by atoms with E-state index in [0.717, 1.165) is 0 Å². The first-order valence-corrected chi connectivity index (χ1v) is 6.72. The second-order valence-electron chi connectivity index (χ2n) is 3.13. The van der Waals surface area contributed by atoms with E-state index in [1.807, 2.05) is 27.7 Å². The molecular weight excluding hydrogens is 235 g/mol. The molecule has 0 heterocycles. The highest BCUT2D eigenvalue weighted by molar-refractivity contribution is 5.72. The van der Waals surface area contributed by atoms with E-state index < -0.39 is 12.3 Å². The van der Waals surface area contributed by atoms with Gasteiger partial charge in [0.25, 0.3) is 0 Å². The number of likely N-dealkylation sites (N-methyl/N-ethyl adjacent to an activating group) is 1. The van der Waals surface area contributed by atoms with Crippen LogP contribution in [0.15, 0.2) is 0 Å². The van der Waals surface area contributed by atoms with Crippen LogP contribution in [0.1, 0.15) is 41.5 Å². The lowest BCUT2D eigenvalue weighted by molar-refractivity contribution is -0.119. The van der Waals surface area contributed by atoms with Crippen LogP contribution in [0.2, 0.25) is 0 Å². The molecule has 112 valence electrons. The first kappa shape index (κ1) is 22.5. The third-order valence-corrected chi connectivity index (χ3v) is 1.79. The number of rotatable bonds is 7. The van der Waals surface area contributed by atoms with Crippen molar-refractivity contribution >= 4 is 5.91 Å². The van der Waals surface area contributed by atoms with Crippen LogP contribution in [-0.4, -0.2) is 44.9 Å². The summed E-state index contributed by atoms with van der Waals surface area (Å²) in [4.78, 5) is 10.5. The zero-order chi connectivity index (χ0) is 15.0. The Morgan fingerprint density at radius 3 is 2.17 bits per heavy atom. The molecule has 0 saturated heterocycles. The monoisotopic (exact) mass is 266 g/mol. The second-order valence-corrected chi connectivity index (χ2v) is 3.13. The normalized spacial score (nSPS) is 12.2. The maximum Gasteiger partial charge on any atom is 0.216 e. The van der Waals surface area contributed by atoms with Gasteiger partial charge in [0, 0.05) is 13.5 Å². The van der Waals surface area contributed by atoms with Crippen molar-refractivity contribution in [1.82, 2.24) is 10.6 Å². The molecule has 0 aliphatic rings. The molecular formula is C13H31FN2O2. The molecule has 4 nitrogen and oxygen atoms in total. The van der Waals surface area contributed by atoms with Crippen LogP contribution in [0.3, 0.4) is 0 Å². The molecule has 0 aromatic carbocycles. The fourth-order valence-electron chi connectivity index (χ4n) is 0.858. The van der Waals surface area contributed by atoms with Gasteiger partial charge in [0.1, 0.15) is 6.17 Å². The Morgan fingerprint density at radius 2 is 1.78 bits per heavy atom. The smallest absolute Gasteiger partial charge is 0.216 e. The van der Waals surface area contributed by atoms with Gasteiger partial charge in [0.05, 0.1) is 19.3 Å². The third kappa shape index (κ3) is 17.7. The second kappa shape index (κ2) is 18.7. The first-order chi connectivity index (χ1) is 8.57. The van der Waals surface area contributed by atoms with Crippen molar-refractivity contribution in [3.05, 3.63) is 0 Å². The van der Waals surface area contributed by atoms with Gasteiger partial charge in [-0.05, 0) is 14.0 Å². The summed E-state index contributed by atoms with van der Waals surface area (Å²) >= 11 is 0. The van der Waals surface area contributed by atoms with Crippen molar-refractivity contribution in [2.75, 3.05) is 26.7 Å². The minimum atomic E-state index is -1.16. The molecule has 0 radical (unpaired) electrons. The van der Waals surface area contributed by atoms with E-state index in [2.05, 4.69) is 10.6 Å². The highest BCUT2D eigenvalue weighted by Crippen LogP contribution is 2.01. The summed E-state index contributed by atoms with van der Waals surface area (Å²) < 4.78 is 18.4. The Kier molecular flexibility index (Phi) is 23.3. The van der Waals surface area contributed by atoms with Crippen LogP contribution in [0.25, 0.3) is 0 Å². The molecule has 2 N–H and O–H groups in total. The van der Waals surface area contributed by atoms with Gasteiger partial charge in [0.2, 0.25) is 5.91 Å². The summed E-state index contributed by atoms with van der Waals surface area (Å²) in [6, 6.07) is 0. The van der Waals surface area contributed by atoms with E-state index in [9.17, 15) is 9.18 Å². The minimum absolute atomic E-state index is 0.00997. The van der Waals surface area contributed by atoms with E-state index in [0.29, 0.717) is 13.2 Å². The van der Waals surface area contributed by atoms with Crippen molar-refractivity contribution in [3.8, 4) is 0 Å². The summed E-state index contributed by atoms with van der Waals surface area (Å²) in [7, 11) is 1.80. The number of carbonyl (C=O) groups is 1. The fraction of sp³-hybridized carbons (Fsp3) is 0.923. The lowest BCUT2D eigenvalue weighted by Crippen LogP contribution is -2.36. The van der Waals surface area contributed by atoms with Crippen molar-refractivity contribution in [3.63, 3.8) is 0 Å². The van der Waals surface area contributed by atoms with Gasteiger partial charge in [-0.1, -0.05) is 27.7 Å². The molecule has 5 heteroatoms.